The molecule has 388 valence electrons. The first kappa shape index (κ1) is 52.9. The SMILES string of the molecule is COc1ccc(C(=O)N2CCC[C@@H]2COP(=O)(O[C@H]2C[C@H](n3cnc4c(=O)[nH]c(N)nc43)O[C@@H]2C(OC(c2ccccc2)(c2ccc(OC)cc2)c2ccc(OC)cc2)C(=O)C(C)C)N(C(C)C)C(C)C)cc1. The number of fused-ring (bicyclic) bond motifs is 1. The van der Waals surface area contributed by atoms with Gasteiger partial charge in [0.15, 0.2) is 16.9 Å². The number of ketones is 1. The van der Waals surface area contributed by atoms with Gasteiger partial charge in [0.05, 0.1) is 40.3 Å². The average Bonchev–Trinajstić information content (AvgIpc) is 4.15. The lowest BCUT2D eigenvalue weighted by atomic mass is 9.79. The van der Waals surface area contributed by atoms with Crippen LogP contribution in [0.1, 0.15) is 94.1 Å². The summed E-state index contributed by atoms with van der Waals surface area (Å²) in [5.74, 6) is 0.545. The molecule has 0 saturated carbocycles. The number of hydrogen-bond acceptors (Lipinski definition) is 14. The van der Waals surface area contributed by atoms with Crippen molar-refractivity contribution >= 4 is 36.5 Å². The lowest BCUT2D eigenvalue weighted by Crippen LogP contribution is -2.50. The zero-order valence-corrected chi connectivity index (χ0v) is 43.7. The molecule has 3 N–H and O–H groups in total. The van der Waals surface area contributed by atoms with Crippen LogP contribution in [0.15, 0.2) is 114 Å². The second-order valence-electron chi connectivity index (χ2n) is 19.2. The molecular weight excluding hydrogens is 954 g/mol. The molecule has 4 heterocycles. The lowest BCUT2D eigenvalue weighted by molar-refractivity contribution is -0.167. The Kier molecular flexibility index (Phi) is 16.2. The number of benzene rings is 4. The van der Waals surface area contributed by atoms with Crippen molar-refractivity contribution in [2.45, 2.75) is 109 Å². The topological polar surface area (TPSA) is 212 Å². The number of nitrogen functional groups attached to an aromatic ring is 1. The quantitative estimate of drug-likeness (QED) is 0.0511. The second kappa shape index (κ2) is 22.4. The summed E-state index contributed by atoms with van der Waals surface area (Å²) >= 11 is 0. The number of likely N-dealkylation sites (tertiary alicyclic amines) is 1. The molecule has 19 heteroatoms. The van der Waals surface area contributed by atoms with E-state index in [-0.39, 0.29) is 53.9 Å². The van der Waals surface area contributed by atoms with Gasteiger partial charge < -0.3 is 34.3 Å². The van der Waals surface area contributed by atoms with Crippen molar-refractivity contribution in [2.75, 3.05) is 40.2 Å². The number of amides is 1. The van der Waals surface area contributed by atoms with E-state index in [9.17, 15) is 9.59 Å². The fourth-order valence-electron chi connectivity index (χ4n) is 10.0. The average molecular weight is 1020 g/mol. The number of aromatic amines is 1. The van der Waals surface area contributed by atoms with Crippen molar-refractivity contribution in [3.8, 4) is 17.2 Å². The Morgan fingerprint density at radius 3 is 1.95 bits per heavy atom. The monoisotopic (exact) mass is 1020 g/mol. The number of H-pyrrole nitrogens is 1. The number of ether oxygens (including phenoxy) is 5. The summed E-state index contributed by atoms with van der Waals surface area (Å²) < 4.78 is 64.4. The molecule has 73 heavy (non-hydrogen) atoms. The first-order valence-corrected chi connectivity index (χ1v) is 26.1. The van der Waals surface area contributed by atoms with Gasteiger partial charge in [-0.05, 0) is 106 Å². The highest BCUT2D eigenvalue weighted by atomic mass is 31.2. The number of rotatable bonds is 21. The largest absolute Gasteiger partial charge is 0.497 e. The molecule has 2 saturated heterocycles. The normalized spacial score (nSPS) is 19.5. The molecule has 8 rings (SSSR count). The lowest BCUT2D eigenvalue weighted by Gasteiger charge is -2.42. The van der Waals surface area contributed by atoms with Crippen LogP contribution in [-0.4, -0.2) is 112 Å². The minimum Gasteiger partial charge on any atom is -0.497 e. The van der Waals surface area contributed by atoms with Crippen LogP contribution in [0.25, 0.3) is 11.2 Å². The number of carbonyl (C=O) groups excluding carboxylic acids is 2. The maximum absolute atomic E-state index is 16.2. The van der Waals surface area contributed by atoms with Crippen molar-refractivity contribution in [1.29, 1.82) is 0 Å². The summed E-state index contributed by atoms with van der Waals surface area (Å²) in [5, 5.41) is 0. The molecule has 2 aromatic heterocycles. The minimum atomic E-state index is -4.44. The molecule has 0 radical (unpaired) electrons. The van der Waals surface area contributed by atoms with Crippen LogP contribution in [0.3, 0.4) is 0 Å². The first-order chi connectivity index (χ1) is 35.0. The van der Waals surface area contributed by atoms with E-state index in [1.807, 2.05) is 107 Å². The van der Waals surface area contributed by atoms with Gasteiger partial charge in [-0.3, -0.25) is 33.0 Å². The second-order valence-corrected chi connectivity index (χ2v) is 21.0. The van der Waals surface area contributed by atoms with Crippen LogP contribution in [0.4, 0.5) is 5.95 Å². The van der Waals surface area contributed by atoms with Crippen molar-refractivity contribution in [2.24, 2.45) is 5.92 Å². The number of carbonyl (C=O) groups is 2. The fourth-order valence-corrected chi connectivity index (χ4v) is 12.4. The molecular formula is C54H66N7O11P. The molecule has 18 nitrogen and oxygen atoms in total. The van der Waals surface area contributed by atoms with Crippen molar-refractivity contribution < 1.29 is 46.9 Å². The molecule has 2 aliphatic heterocycles. The number of anilines is 1. The van der Waals surface area contributed by atoms with Gasteiger partial charge in [-0.15, -0.1) is 0 Å². The van der Waals surface area contributed by atoms with Gasteiger partial charge in [-0.25, -0.2) is 14.2 Å². The molecule has 1 amide bonds. The third-order valence-electron chi connectivity index (χ3n) is 13.5. The predicted molar refractivity (Wildman–Crippen MR) is 276 cm³/mol. The van der Waals surface area contributed by atoms with E-state index < -0.39 is 55.4 Å². The molecule has 0 spiro atoms. The van der Waals surface area contributed by atoms with E-state index in [1.165, 1.54) is 6.33 Å². The van der Waals surface area contributed by atoms with E-state index in [0.29, 0.717) is 58.9 Å². The van der Waals surface area contributed by atoms with Crippen LogP contribution in [-0.2, 0) is 33.5 Å². The molecule has 4 aromatic carbocycles. The minimum absolute atomic E-state index is 0.0111. The Morgan fingerprint density at radius 2 is 1.40 bits per heavy atom. The van der Waals surface area contributed by atoms with E-state index in [4.69, 9.17) is 38.5 Å². The molecule has 0 bridgehead atoms. The predicted octanol–water partition coefficient (Wildman–Crippen LogP) is 8.55. The molecule has 6 aromatic rings. The highest BCUT2D eigenvalue weighted by Crippen LogP contribution is 2.58. The fraction of sp³-hybridized carbons (Fsp3) is 0.426. The van der Waals surface area contributed by atoms with Gasteiger partial charge in [0, 0.05) is 36.5 Å². The highest BCUT2D eigenvalue weighted by molar-refractivity contribution is 7.51. The van der Waals surface area contributed by atoms with Crippen LogP contribution in [0, 0.1) is 5.92 Å². The molecule has 6 atom stereocenters. The van der Waals surface area contributed by atoms with Gasteiger partial charge in [-0.2, -0.15) is 4.98 Å². The maximum Gasteiger partial charge on any atom is 0.409 e. The van der Waals surface area contributed by atoms with Crippen molar-refractivity contribution in [1.82, 2.24) is 29.1 Å². The summed E-state index contributed by atoms with van der Waals surface area (Å²) in [6.45, 7) is 11.5. The summed E-state index contributed by atoms with van der Waals surface area (Å²) in [7, 11) is 0.301. The van der Waals surface area contributed by atoms with E-state index in [0.717, 1.165) is 0 Å². The van der Waals surface area contributed by atoms with E-state index in [2.05, 4.69) is 15.0 Å². The Labute approximate surface area is 425 Å². The molecule has 2 aliphatic rings. The Bertz CT molecular complexity index is 2890. The maximum atomic E-state index is 16.2. The van der Waals surface area contributed by atoms with E-state index >= 15 is 9.36 Å². The standard InChI is InChI=1S/C54H66N7O11P/c1-33(2)47(62)49(71-54(37-14-11-10-12-15-37,38-19-25-42(67-8)26-20-38)39-21-27-43(68-9)28-22-39)48-44(30-45(70-48)60-32-56-46-50(60)57-53(55)58-51(46)63)72-73(65,61(34(3)4)35(5)6)69-31-40-16-13-29-59(40)52(64)36-17-23-41(66-7)24-18-36/h10-12,14-15,17-28,32-35,40,44-45,48-49H,13,16,29-31H2,1-9H3,(H3,55,57,58,63)/t40-,44+,45-,48+,49?,73?/m1/s1. The van der Waals surface area contributed by atoms with E-state index in [1.54, 1.807) is 73.6 Å². The number of imidazole rings is 1. The van der Waals surface area contributed by atoms with Gasteiger partial charge in [0.1, 0.15) is 47.4 Å². The molecule has 2 unspecified atom stereocenters. The number of nitrogens with one attached hydrogen (secondary N) is 1. The Morgan fingerprint density at radius 1 is 0.836 bits per heavy atom. The summed E-state index contributed by atoms with van der Waals surface area (Å²) in [4.78, 5) is 55.6. The number of nitrogens with zero attached hydrogens (tertiary/aromatic N) is 5. The van der Waals surface area contributed by atoms with Crippen LogP contribution in [0.2, 0.25) is 0 Å². The van der Waals surface area contributed by atoms with Crippen molar-refractivity contribution in [3.05, 3.63) is 142 Å². The number of hydrogen-bond donors (Lipinski definition) is 2. The number of methoxy groups -OCH3 is 3. The molecule has 0 aliphatic carbocycles. The highest BCUT2D eigenvalue weighted by Gasteiger charge is 2.54. The third-order valence-corrected chi connectivity index (χ3v) is 16.0. The number of aromatic nitrogens is 4. The van der Waals surface area contributed by atoms with Gasteiger partial charge >= 0.3 is 7.75 Å². The third kappa shape index (κ3) is 10.8. The zero-order chi connectivity index (χ0) is 52.2. The van der Waals surface area contributed by atoms with Gasteiger partial charge in [0.25, 0.3) is 11.5 Å². The zero-order valence-electron chi connectivity index (χ0n) is 42.8. The van der Waals surface area contributed by atoms with Gasteiger partial charge in [-0.1, -0.05) is 68.4 Å². The Balaban J connectivity index is 1.27. The number of Topliss-reactive ketones (excluding diaryl/α,β-unsaturated/α-hetero) is 1. The smallest absolute Gasteiger partial charge is 0.409 e. The van der Waals surface area contributed by atoms with Crippen molar-refractivity contribution in [3.63, 3.8) is 0 Å². The summed E-state index contributed by atoms with van der Waals surface area (Å²) in [6.07, 6.45) is -2.26. The van der Waals surface area contributed by atoms with Gasteiger partial charge in [0.2, 0.25) is 5.95 Å². The first-order valence-electron chi connectivity index (χ1n) is 24.6. The van der Waals surface area contributed by atoms with Crippen LogP contribution < -0.4 is 25.5 Å². The summed E-state index contributed by atoms with van der Waals surface area (Å²) in [5.41, 5.74) is 6.63. The molecule has 2 fully saturated rings. The van der Waals surface area contributed by atoms with Crippen LogP contribution >= 0.6 is 7.75 Å². The summed E-state index contributed by atoms with van der Waals surface area (Å²) in [6, 6.07) is 30.1. The Hall–Kier alpha value is -6.40. The number of nitrogens with two attached hydrogens (primary N) is 1. The van der Waals surface area contributed by atoms with Crippen LogP contribution in [0.5, 0.6) is 17.2 Å².